The summed E-state index contributed by atoms with van der Waals surface area (Å²) in [5, 5.41) is 0. The minimum absolute atomic E-state index is 0.0748. The van der Waals surface area contributed by atoms with Gasteiger partial charge >= 0.3 is 17.9 Å². The molecule has 0 radical (unpaired) electrons. The van der Waals surface area contributed by atoms with Crippen molar-refractivity contribution in [3.8, 4) is 0 Å². The van der Waals surface area contributed by atoms with Crippen LogP contribution in [0.1, 0.15) is 271 Å². The molecule has 0 aromatic heterocycles. The van der Waals surface area contributed by atoms with E-state index in [-0.39, 0.29) is 31.1 Å². The maximum atomic E-state index is 12.8. The van der Waals surface area contributed by atoms with Crippen LogP contribution in [0.4, 0.5) is 0 Å². The van der Waals surface area contributed by atoms with Gasteiger partial charge in [0.15, 0.2) is 6.10 Å². The molecule has 0 saturated heterocycles. The lowest BCUT2D eigenvalue weighted by Crippen LogP contribution is -2.30. The maximum absolute atomic E-state index is 12.8. The van der Waals surface area contributed by atoms with Gasteiger partial charge in [0.2, 0.25) is 0 Å². The van der Waals surface area contributed by atoms with Crippen LogP contribution in [0.25, 0.3) is 0 Å². The monoisotopic (exact) mass is 817 g/mol. The Morgan fingerprint density at radius 2 is 0.569 bits per heavy atom. The Kier molecular flexibility index (Phi) is 45.8. The van der Waals surface area contributed by atoms with E-state index in [2.05, 4.69) is 45.1 Å². The summed E-state index contributed by atoms with van der Waals surface area (Å²) in [6, 6.07) is 0. The van der Waals surface area contributed by atoms with E-state index in [1.807, 2.05) is 0 Å². The van der Waals surface area contributed by atoms with Crippen LogP contribution in [-0.2, 0) is 28.6 Å². The van der Waals surface area contributed by atoms with Crippen LogP contribution in [0.15, 0.2) is 24.3 Å². The fraction of sp³-hybridized carbons (Fsp3) is 0.865. The first-order chi connectivity index (χ1) is 28.5. The molecule has 0 aliphatic carbocycles. The molecule has 0 heterocycles. The summed E-state index contributed by atoms with van der Waals surface area (Å²) < 4.78 is 16.8. The predicted molar refractivity (Wildman–Crippen MR) is 247 cm³/mol. The summed E-state index contributed by atoms with van der Waals surface area (Å²) in [5.41, 5.74) is 0. The molecule has 6 heteroatoms. The average molecular weight is 817 g/mol. The Balaban J connectivity index is 4.37. The van der Waals surface area contributed by atoms with Crippen molar-refractivity contribution in [1.82, 2.24) is 0 Å². The SMILES string of the molecule is CCCCCCC=CCCCCCCCC(=O)OCC(COC(=O)CCCCCCCC=CCCCCCCC)OC(=O)CCCCCCCCCCCCCCC. The van der Waals surface area contributed by atoms with Crippen molar-refractivity contribution in [2.45, 2.75) is 277 Å². The first kappa shape index (κ1) is 55.9. The molecule has 6 nitrogen and oxygen atoms in total. The van der Waals surface area contributed by atoms with E-state index in [0.29, 0.717) is 19.3 Å². The zero-order valence-electron chi connectivity index (χ0n) is 38.8. The Labute approximate surface area is 360 Å². The van der Waals surface area contributed by atoms with Gasteiger partial charge in [-0.1, -0.05) is 206 Å². The van der Waals surface area contributed by atoms with Crippen LogP contribution in [-0.4, -0.2) is 37.2 Å². The molecule has 0 spiro atoms. The lowest BCUT2D eigenvalue weighted by atomic mass is 10.0. The average Bonchev–Trinajstić information content (AvgIpc) is 3.22. The Morgan fingerprint density at radius 3 is 0.879 bits per heavy atom. The van der Waals surface area contributed by atoms with Crippen LogP contribution < -0.4 is 0 Å². The molecular formula is C52H96O6. The summed E-state index contributed by atoms with van der Waals surface area (Å²) in [6.45, 7) is 6.62. The standard InChI is InChI=1S/C52H96O6/c1-4-7-10-13-16-19-22-25-28-30-33-36-39-42-45-51(54)57-48-49(58-52(55)46-43-40-37-34-31-27-24-21-18-15-12-9-6-3)47-56-50(53)44-41-38-35-32-29-26-23-20-17-14-11-8-5-2/h20,22-23,25,49H,4-19,21,24,26-48H2,1-3H3. The minimum atomic E-state index is -0.772. The molecule has 0 amide bonds. The molecule has 0 rings (SSSR count). The number of unbranched alkanes of at least 4 members (excludes halogenated alkanes) is 31. The number of hydrogen-bond donors (Lipinski definition) is 0. The summed E-state index contributed by atoms with van der Waals surface area (Å²) in [6.07, 6.45) is 52.9. The largest absolute Gasteiger partial charge is 0.462 e. The lowest BCUT2D eigenvalue weighted by molar-refractivity contribution is -0.167. The summed E-state index contributed by atoms with van der Waals surface area (Å²) in [4.78, 5) is 37.9. The number of carbonyl (C=O) groups excluding carboxylic acids is 3. The van der Waals surface area contributed by atoms with Crippen molar-refractivity contribution in [3.63, 3.8) is 0 Å². The van der Waals surface area contributed by atoms with Gasteiger partial charge < -0.3 is 14.2 Å². The highest BCUT2D eigenvalue weighted by molar-refractivity contribution is 5.71. The molecule has 0 aromatic carbocycles. The van der Waals surface area contributed by atoms with E-state index in [4.69, 9.17) is 14.2 Å². The van der Waals surface area contributed by atoms with Gasteiger partial charge in [-0.3, -0.25) is 14.4 Å². The van der Waals surface area contributed by atoms with Crippen molar-refractivity contribution in [3.05, 3.63) is 24.3 Å². The van der Waals surface area contributed by atoms with Crippen LogP contribution in [0, 0.1) is 0 Å². The molecule has 58 heavy (non-hydrogen) atoms. The van der Waals surface area contributed by atoms with Crippen LogP contribution >= 0.6 is 0 Å². The number of allylic oxidation sites excluding steroid dienone is 4. The molecule has 0 aromatic rings. The normalized spacial score (nSPS) is 12.1. The van der Waals surface area contributed by atoms with Gasteiger partial charge in [-0.15, -0.1) is 0 Å². The molecule has 1 atom stereocenters. The molecule has 0 saturated carbocycles. The first-order valence-corrected chi connectivity index (χ1v) is 25.3. The molecule has 1 unspecified atom stereocenters. The van der Waals surface area contributed by atoms with Gasteiger partial charge in [0.1, 0.15) is 13.2 Å². The Morgan fingerprint density at radius 1 is 0.328 bits per heavy atom. The van der Waals surface area contributed by atoms with E-state index in [1.165, 1.54) is 161 Å². The van der Waals surface area contributed by atoms with Gasteiger partial charge in [0, 0.05) is 19.3 Å². The highest BCUT2D eigenvalue weighted by Gasteiger charge is 2.19. The topological polar surface area (TPSA) is 78.9 Å². The van der Waals surface area contributed by atoms with E-state index in [1.54, 1.807) is 0 Å². The third kappa shape index (κ3) is 45.0. The van der Waals surface area contributed by atoms with Crippen molar-refractivity contribution >= 4 is 17.9 Å². The second-order valence-electron chi connectivity index (χ2n) is 17.1. The minimum Gasteiger partial charge on any atom is -0.462 e. The van der Waals surface area contributed by atoms with E-state index in [9.17, 15) is 14.4 Å². The van der Waals surface area contributed by atoms with E-state index >= 15 is 0 Å². The van der Waals surface area contributed by atoms with Crippen LogP contribution in [0.3, 0.4) is 0 Å². The predicted octanol–water partition coefficient (Wildman–Crippen LogP) is 16.4. The van der Waals surface area contributed by atoms with Gasteiger partial charge in [-0.2, -0.15) is 0 Å². The fourth-order valence-electron chi connectivity index (χ4n) is 7.31. The van der Waals surface area contributed by atoms with Gasteiger partial charge in [-0.25, -0.2) is 0 Å². The second-order valence-corrected chi connectivity index (χ2v) is 17.1. The van der Waals surface area contributed by atoms with Gasteiger partial charge in [0.25, 0.3) is 0 Å². The Hall–Kier alpha value is -2.11. The number of ether oxygens (including phenoxy) is 3. The highest BCUT2D eigenvalue weighted by Crippen LogP contribution is 2.15. The maximum Gasteiger partial charge on any atom is 0.306 e. The van der Waals surface area contributed by atoms with Gasteiger partial charge in [0.05, 0.1) is 0 Å². The van der Waals surface area contributed by atoms with Crippen LogP contribution in [0.5, 0.6) is 0 Å². The fourth-order valence-corrected chi connectivity index (χ4v) is 7.31. The highest BCUT2D eigenvalue weighted by atomic mass is 16.6. The van der Waals surface area contributed by atoms with Crippen molar-refractivity contribution in [2.75, 3.05) is 13.2 Å². The third-order valence-corrected chi connectivity index (χ3v) is 11.2. The lowest BCUT2D eigenvalue weighted by Gasteiger charge is -2.18. The van der Waals surface area contributed by atoms with E-state index in [0.717, 1.165) is 70.6 Å². The third-order valence-electron chi connectivity index (χ3n) is 11.2. The zero-order chi connectivity index (χ0) is 42.3. The number of hydrogen-bond acceptors (Lipinski definition) is 6. The van der Waals surface area contributed by atoms with E-state index < -0.39 is 6.10 Å². The molecular weight excluding hydrogens is 721 g/mol. The van der Waals surface area contributed by atoms with Crippen molar-refractivity contribution in [2.24, 2.45) is 0 Å². The summed E-state index contributed by atoms with van der Waals surface area (Å²) in [5.74, 6) is -0.880. The second kappa shape index (κ2) is 47.6. The number of esters is 3. The Bertz CT molecular complexity index is 942. The number of rotatable bonds is 46. The smallest absolute Gasteiger partial charge is 0.306 e. The molecule has 0 N–H and O–H groups in total. The van der Waals surface area contributed by atoms with Crippen LogP contribution in [0.2, 0.25) is 0 Å². The molecule has 0 aliphatic rings. The summed E-state index contributed by atoms with van der Waals surface area (Å²) in [7, 11) is 0. The quantitative estimate of drug-likeness (QED) is 0.0263. The van der Waals surface area contributed by atoms with Gasteiger partial charge in [-0.05, 0) is 70.6 Å². The zero-order valence-corrected chi connectivity index (χ0v) is 38.8. The number of carbonyl (C=O) groups is 3. The molecule has 340 valence electrons. The molecule has 0 bridgehead atoms. The van der Waals surface area contributed by atoms with Crippen molar-refractivity contribution in [1.29, 1.82) is 0 Å². The molecule has 0 fully saturated rings. The van der Waals surface area contributed by atoms with Crippen molar-refractivity contribution < 1.29 is 28.6 Å². The first-order valence-electron chi connectivity index (χ1n) is 25.3. The molecule has 0 aliphatic heterocycles. The summed E-state index contributed by atoms with van der Waals surface area (Å²) >= 11 is 0.